The number of hydroxylamine groups is 1. The lowest BCUT2D eigenvalue weighted by atomic mass is 10.2. The summed E-state index contributed by atoms with van der Waals surface area (Å²) >= 11 is 0. The highest BCUT2D eigenvalue weighted by atomic mass is 32.2. The third-order valence-electron chi connectivity index (χ3n) is 3.40. The van der Waals surface area contributed by atoms with Gasteiger partial charge in [0, 0.05) is 19.7 Å². The fourth-order valence-corrected chi connectivity index (χ4v) is 3.00. The number of amides is 1. The van der Waals surface area contributed by atoms with Crippen LogP contribution in [-0.4, -0.2) is 40.0 Å². The minimum Gasteiger partial charge on any atom is -0.288 e. The van der Waals surface area contributed by atoms with Gasteiger partial charge in [0.05, 0.1) is 17.7 Å². The quantitative estimate of drug-likeness (QED) is 0.802. The summed E-state index contributed by atoms with van der Waals surface area (Å²) in [5.74, 6) is -0.418. The van der Waals surface area contributed by atoms with Gasteiger partial charge in [-0.3, -0.25) is 20.1 Å². The summed E-state index contributed by atoms with van der Waals surface area (Å²) in [5, 5.41) is 1.56. The van der Waals surface area contributed by atoms with Gasteiger partial charge in [0.15, 0.2) is 0 Å². The van der Waals surface area contributed by atoms with Crippen LogP contribution in [0.1, 0.15) is 10.4 Å². The van der Waals surface area contributed by atoms with Crippen molar-refractivity contribution >= 4 is 21.6 Å². The topological polar surface area (TPSA) is 78.9 Å². The van der Waals surface area contributed by atoms with Crippen LogP contribution in [0.3, 0.4) is 0 Å². The SMILES string of the molecule is CON(C)S(=O)(=O)c1cccc(C(=O)NN(C)c2ccccc2)c1. The maximum atomic E-state index is 12.4. The molecule has 1 N–H and O–H groups in total. The predicted octanol–water partition coefficient (Wildman–Crippen LogP) is 1.65. The van der Waals surface area contributed by atoms with Gasteiger partial charge in [0.25, 0.3) is 15.9 Å². The van der Waals surface area contributed by atoms with Crippen LogP contribution in [0.4, 0.5) is 5.69 Å². The van der Waals surface area contributed by atoms with E-state index >= 15 is 0 Å². The lowest BCUT2D eigenvalue weighted by Gasteiger charge is -2.20. The van der Waals surface area contributed by atoms with Crippen LogP contribution >= 0.6 is 0 Å². The molecule has 7 nitrogen and oxygen atoms in total. The summed E-state index contributed by atoms with van der Waals surface area (Å²) in [5.41, 5.74) is 3.71. The molecule has 0 aliphatic rings. The van der Waals surface area contributed by atoms with E-state index in [1.54, 1.807) is 18.1 Å². The average molecular weight is 349 g/mol. The Balaban J connectivity index is 2.21. The molecular weight excluding hydrogens is 330 g/mol. The summed E-state index contributed by atoms with van der Waals surface area (Å²) in [4.78, 5) is 17.1. The number of sulfonamides is 1. The molecule has 0 heterocycles. The second-order valence-corrected chi connectivity index (χ2v) is 6.90. The molecule has 0 aliphatic carbocycles. The van der Waals surface area contributed by atoms with Crippen LogP contribution in [0.25, 0.3) is 0 Å². The number of hydrogen-bond acceptors (Lipinski definition) is 5. The molecule has 24 heavy (non-hydrogen) atoms. The van der Waals surface area contributed by atoms with Gasteiger partial charge in [-0.05, 0) is 30.3 Å². The molecule has 0 saturated heterocycles. The molecule has 0 fully saturated rings. The average Bonchev–Trinajstić information content (AvgIpc) is 2.61. The van der Waals surface area contributed by atoms with Crippen LogP contribution < -0.4 is 10.4 Å². The third kappa shape index (κ3) is 3.91. The van der Waals surface area contributed by atoms with Gasteiger partial charge >= 0.3 is 0 Å². The first kappa shape index (κ1) is 17.9. The Kier molecular flexibility index (Phi) is 5.55. The maximum Gasteiger partial charge on any atom is 0.269 e. The van der Waals surface area contributed by atoms with E-state index in [0.29, 0.717) is 0 Å². The van der Waals surface area contributed by atoms with E-state index in [2.05, 4.69) is 5.43 Å². The Labute approximate surface area is 141 Å². The van der Waals surface area contributed by atoms with E-state index in [1.807, 2.05) is 30.3 Å². The van der Waals surface area contributed by atoms with E-state index in [-0.39, 0.29) is 10.5 Å². The monoisotopic (exact) mass is 349 g/mol. The summed E-state index contributed by atoms with van der Waals surface area (Å²) in [6, 6.07) is 15.0. The normalized spacial score (nSPS) is 11.3. The van der Waals surface area contributed by atoms with Crippen LogP contribution in [0.5, 0.6) is 0 Å². The first-order valence-corrected chi connectivity index (χ1v) is 8.53. The fourth-order valence-electron chi connectivity index (χ4n) is 1.98. The van der Waals surface area contributed by atoms with Gasteiger partial charge in [-0.2, -0.15) is 0 Å². The number of carbonyl (C=O) groups is 1. The smallest absolute Gasteiger partial charge is 0.269 e. The molecule has 1 amide bonds. The highest BCUT2D eigenvalue weighted by Gasteiger charge is 2.22. The molecule has 0 spiro atoms. The largest absolute Gasteiger partial charge is 0.288 e. The summed E-state index contributed by atoms with van der Waals surface area (Å²) in [6.45, 7) is 0. The molecule has 2 aromatic carbocycles. The van der Waals surface area contributed by atoms with Gasteiger partial charge in [-0.25, -0.2) is 8.42 Å². The number of hydrogen-bond donors (Lipinski definition) is 1. The maximum absolute atomic E-state index is 12.4. The minimum atomic E-state index is -3.81. The molecule has 0 bridgehead atoms. The zero-order valence-corrected chi connectivity index (χ0v) is 14.4. The van der Waals surface area contributed by atoms with Gasteiger partial charge in [-0.1, -0.05) is 28.7 Å². The Morgan fingerprint density at radius 3 is 2.33 bits per heavy atom. The van der Waals surface area contributed by atoms with Crippen molar-refractivity contribution in [2.24, 2.45) is 0 Å². The van der Waals surface area contributed by atoms with Crippen molar-refractivity contribution in [3.05, 3.63) is 60.2 Å². The highest BCUT2D eigenvalue weighted by molar-refractivity contribution is 7.89. The molecular formula is C16H19N3O4S. The van der Waals surface area contributed by atoms with Crippen molar-refractivity contribution in [2.45, 2.75) is 4.90 Å². The number of nitrogens with zero attached hydrogens (tertiary/aromatic N) is 2. The van der Waals surface area contributed by atoms with Gasteiger partial charge < -0.3 is 0 Å². The molecule has 0 radical (unpaired) electrons. The van der Waals surface area contributed by atoms with Crippen molar-refractivity contribution in [3.63, 3.8) is 0 Å². The first-order valence-electron chi connectivity index (χ1n) is 7.09. The number of benzene rings is 2. The van der Waals surface area contributed by atoms with Crippen molar-refractivity contribution < 1.29 is 18.0 Å². The van der Waals surface area contributed by atoms with Crippen LogP contribution in [-0.2, 0) is 14.9 Å². The molecule has 8 heteroatoms. The van der Waals surface area contributed by atoms with Gasteiger partial charge in [-0.15, -0.1) is 0 Å². The number of para-hydroxylation sites is 1. The number of carbonyl (C=O) groups excluding carboxylic acids is 1. The molecule has 0 aliphatic heterocycles. The van der Waals surface area contributed by atoms with E-state index in [4.69, 9.17) is 4.84 Å². The lowest BCUT2D eigenvalue weighted by Crippen LogP contribution is -2.39. The molecule has 0 unspecified atom stereocenters. The number of rotatable bonds is 6. The number of anilines is 1. The predicted molar refractivity (Wildman–Crippen MR) is 90.7 cm³/mol. The third-order valence-corrected chi connectivity index (χ3v) is 5.08. The molecule has 0 atom stereocenters. The van der Waals surface area contributed by atoms with E-state index in [0.717, 1.165) is 10.2 Å². The van der Waals surface area contributed by atoms with Crippen molar-refractivity contribution in [1.82, 2.24) is 9.89 Å². The Morgan fingerprint density at radius 2 is 1.71 bits per heavy atom. The molecule has 0 aromatic heterocycles. The van der Waals surface area contributed by atoms with Crippen molar-refractivity contribution in [1.29, 1.82) is 0 Å². The van der Waals surface area contributed by atoms with E-state index in [1.165, 1.54) is 32.4 Å². The molecule has 128 valence electrons. The summed E-state index contributed by atoms with van der Waals surface area (Å²) < 4.78 is 25.2. The zero-order valence-electron chi connectivity index (χ0n) is 13.6. The van der Waals surface area contributed by atoms with E-state index in [9.17, 15) is 13.2 Å². The standard InChI is InChI=1S/C16H19N3O4S/c1-18(14-9-5-4-6-10-14)17-16(20)13-8-7-11-15(12-13)24(21,22)19(2)23-3/h4-12H,1-3H3,(H,17,20). The number of nitrogens with one attached hydrogen (secondary N) is 1. The van der Waals surface area contributed by atoms with Gasteiger partial charge in [0.2, 0.25) is 0 Å². The van der Waals surface area contributed by atoms with Crippen LogP contribution in [0.15, 0.2) is 59.5 Å². The Bertz CT molecular complexity index is 809. The zero-order chi connectivity index (χ0) is 17.7. The Morgan fingerprint density at radius 1 is 1.04 bits per heavy atom. The summed E-state index contributed by atoms with van der Waals surface area (Å²) in [7, 11) is 0.429. The Hall–Kier alpha value is -2.42. The lowest BCUT2D eigenvalue weighted by molar-refractivity contribution is -0.0258. The van der Waals surface area contributed by atoms with Gasteiger partial charge in [0.1, 0.15) is 0 Å². The van der Waals surface area contributed by atoms with Crippen molar-refractivity contribution in [2.75, 3.05) is 26.2 Å². The second kappa shape index (κ2) is 7.43. The highest BCUT2D eigenvalue weighted by Crippen LogP contribution is 2.16. The minimum absolute atomic E-state index is 0.0261. The van der Waals surface area contributed by atoms with E-state index < -0.39 is 15.9 Å². The van der Waals surface area contributed by atoms with Crippen molar-refractivity contribution in [3.8, 4) is 0 Å². The summed E-state index contributed by atoms with van der Waals surface area (Å²) in [6.07, 6.45) is 0. The van der Waals surface area contributed by atoms with Crippen LogP contribution in [0, 0.1) is 0 Å². The first-order chi connectivity index (χ1) is 11.4. The number of hydrazine groups is 1. The fraction of sp³-hybridized carbons (Fsp3) is 0.188. The molecule has 2 rings (SSSR count). The second-order valence-electron chi connectivity index (χ2n) is 4.96. The van der Waals surface area contributed by atoms with Crippen LogP contribution in [0.2, 0.25) is 0 Å². The molecule has 0 saturated carbocycles. The molecule has 2 aromatic rings.